The van der Waals surface area contributed by atoms with Gasteiger partial charge in [0.05, 0.1) is 10.6 Å². The molecule has 0 bridgehead atoms. The number of hydrogen-bond donors (Lipinski definition) is 1. The van der Waals surface area contributed by atoms with Crippen molar-refractivity contribution in [2.75, 3.05) is 23.7 Å². The van der Waals surface area contributed by atoms with Gasteiger partial charge in [0.1, 0.15) is 0 Å². The van der Waals surface area contributed by atoms with E-state index in [0.717, 1.165) is 25.2 Å². The summed E-state index contributed by atoms with van der Waals surface area (Å²) >= 11 is 0. The number of anilines is 1. The molecule has 1 aliphatic heterocycles. The van der Waals surface area contributed by atoms with Crippen molar-refractivity contribution >= 4 is 15.5 Å². The summed E-state index contributed by atoms with van der Waals surface area (Å²) < 4.78 is 23.8. The number of sulfone groups is 1. The Morgan fingerprint density at radius 2 is 2.00 bits per heavy atom. The van der Waals surface area contributed by atoms with Crippen molar-refractivity contribution in [2.24, 2.45) is 5.73 Å². The maximum absolute atomic E-state index is 11.9. The van der Waals surface area contributed by atoms with Gasteiger partial charge in [-0.1, -0.05) is 6.92 Å². The second-order valence-electron chi connectivity index (χ2n) is 4.81. The Morgan fingerprint density at radius 1 is 1.33 bits per heavy atom. The van der Waals surface area contributed by atoms with E-state index >= 15 is 0 Å². The van der Waals surface area contributed by atoms with Crippen LogP contribution in [0.1, 0.15) is 19.8 Å². The molecule has 5 heteroatoms. The third-order valence-corrected chi connectivity index (χ3v) is 5.19. The van der Waals surface area contributed by atoms with Crippen molar-refractivity contribution in [3.05, 3.63) is 24.3 Å². The molecule has 0 spiro atoms. The fourth-order valence-corrected chi connectivity index (χ4v) is 3.60. The third kappa shape index (κ3) is 2.84. The van der Waals surface area contributed by atoms with Crippen LogP contribution in [-0.2, 0) is 9.84 Å². The molecule has 18 heavy (non-hydrogen) atoms. The molecule has 0 saturated carbocycles. The molecule has 2 N–H and O–H groups in total. The summed E-state index contributed by atoms with van der Waals surface area (Å²) in [6.45, 7) is 3.67. The van der Waals surface area contributed by atoms with E-state index in [0.29, 0.717) is 11.3 Å². The zero-order valence-corrected chi connectivity index (χ0v) is 11.5. The molecule has 0 amide bonds. The molecule has 1 atom stereocenters. The zero-order valence-electron chi connectivity index (χ0n) is 10.7. The highest BCUT2D eigenvalue weighted by Gasteiger charge is 2.20. The first kappa shape index (κ1) is 13.4. The van der Waals surface area contributed by atoms with Crippen LogP contribution < -0.4 is 10.6 Å². The Hall–Kier alpha value is -1.07. The van der Waals surface area contributed by atoms with E-state index < -0.39 is 9.84 Å². The van der Waals surface area contributed by atoms with Crippen LogP contribution in [0.2, 0.25) is 0 Å². The van der Waals surface area contributed by atoms with Crippen LogP contribution in [0.5, 0.6) is 0 Å². The Balaban J connectivity index is 2.15. The van der Waals surface area contributed by atoms with Crippen molar-refractivity contribution in [1.82, 2.24) is 0 Å². The van der Waals surface area contributed by atoms with Crippen molar-refractivity contribution in [3.63, 3.8) is 0 Å². The largest absolute Gasteiger partial charge is 0.370 e. The minimum absolute atomic E-state index is 0.209. The summed E-state index contributed by atoms with van der Waals surface area (Å²) in [7, 11) is -3.10. The first-order valence-corrected chi connectivity index (χ1v) is 8.01. The van der Waals surface area contributed by atoms with Gasteiger partial charge in [-0.05, 0) is 37.1 Å². The molecule has 0 radical (unpaired) electrons. The first-order chi connectivity index (χ1) is 8.53. The van der Waals surface area contributed by atoms with Gasteiger partial charge in [-0.15, -0.1) is 0 Å². The lowest BCUT2D eigenvalue weighted by molar-refractivity contribution is 0.594. The molecule has 0 aromatic heterocycles. The number of rotatable bonds is 4. The van der Waals surface area contributed by atoms with Gasteiger partial charge in [0.25, 0.3) is 0 Å². The van der Waals surface area contributed by atoms with Crippen molar-refractivity contribution in [1.29, 1.82) is 0 Å². The summed E-state index contributed by atoms with van der Waals surface area (Å²) in [6.07, 6.45) is 1.64. The number of nitrogens with zero attached hydrogens (tertiary/aromatic N) is 1. The molecular formula is C13H20N2O2S. The average molecular weight is 268 g/mol. The lowest BCUT2D eigenvalue weighted by Gasteiger charge is -2.18. The monoisotopic (exact) mass is 268 g/mol. The second kappa shape index (κ2) is 5.28. The normalized spacial score (nSPS) is 20.3. The topological polar surface area (TPSA) is 63.4 Å². The molecule has 4 nitrogen and oxygen atoms in total. The van der Waals surface area contributed by atoms with Gasteiger partial charge in [0, 0.05) is 24.8 Å². The standard InChI is InChI=1S/C13H20N2O2S/c1-2-9-18(16,17)13-5-3-12(4-6-13)15-8-7-11(14)10-15/h3-6,11H,2,7-10,14H2,1H3. The molecule has 1 unspecified atom stereocenters. The molecule has 100 valence electrons. The Labute approximate surface area is 109 Å². The van der Waals surface area contributed by atoms with E-state index in [1.807, 2.05) is 19.1 Å². The maximum Gasteiger partial charge on any atom is 0.178 e. The third-order valence-electron chi connectivity index (χ3n) is 3.26. The molecule has 1 fully saturated rings. The predicted octanol–water partition coefficient (Wildman–Crippen LogP) is 1.41. The van der Waals surface area contributed by atoms with Crippen LogP contribution in [0.3, 0.4) is 0 Å². The van der Waals surface area contributed by atoms with Crippen LogP contribution in [-0.4, -0.2) is 33.3 Å². The van der Waals surface area contributed by atoms with Crippen molar-refractivity contribution < 1.29 is 8.42 Å². The molecule has 0 aliphatic carbocycles. The van der Waals surface area contributed by atoms with Gasteiger partial charge in [0.15, 0.2) is 9.84 Å². The SMILES string of the molecule is CCCS(=O)(=O)c1ccc(N2CCC(N)C2)cc1. The fraction of sp³-hybridized carbons (Fsp3) is 0.538. The molecule has 1 heterocycles. The van der Waals surface area contributed by atoms with E-state index in [1.54, 1.807) is 12.1 Å². The Bertz CT molecular complexity index is 496. The second-order valence-corrected chi connectivity index (χ2v) is 6.92. The van der Waals surface area contributed by atoms with E-state index in [2.05, 4.69) is 4.90 Å². The fourth-order valence-electron chi connectivity index (χ4n) is 2.27. The van der Waals surface area contributed by atoms with Gasteiger partial charge < -0.3 is 10.6 Å². The smallest absolute Gasteiger partial charge is 0.178 e. The van der Waals surface area contributed by atoms with Crippen molar-refractivity contribution in [3.8, 4) is 0 Å². The summed E-state index contributed by atoms with van der Waals surface area (Å²) in [5.41, 5.74) is 6.92. The van der Waals surface area contributed by atoms with Crippen molar-refractivity contribution in [2.45, 2.75) is 30.7 Å². The number of hydrogen-bond acceptors (Lipinski definition) is 4. The highest BCUT2D eigenvalue weighted by atomic mass is 32.2. The van der Waals surface area contributed by atoms with Crippen LogP contribution in [0.25, 0.3) is 0 Å². The van der Waals surface area contributed by atoms with Crippen LogP contribution in [0, 0.1) is 0 Å². The zero-order chi connectivity index (χ0) is 13.2. The van der Waals surface area contributed by atoms with E-state index in [9.17, 15) is 8.42 Å². The summed E-state index contributed by atoms with van der Waals surface area (Å²) in [5, 5.41) is 0. The minimum Gasteiger partial charge on any atom is -0.370 e. The molecular weight excluding hydrogens is 248 g/mol. The number of nitrogens with two attached hydrogens (primary N) is 1. The molecule has 2 rings (SSSR count). The summed E-state index contributed by atoms with van der Waals surface area (Å²) in [5.74, 6) is 0.209. The quantitative estimate of drug-likeness (QED) is 0.896. The molecule has 1 aromatic rings. The Morgan fingerprint density at radius 3 is 2.50 bits per heavy atom. The van der Waals surface area contributed by atoms with Crippen LogP contribution in [0.15, 0.2) is 29.2 Å². The van der Waals surface area contributed by atoms with Crippen LogP contribution in [0.4, 0.5) is 5.69 Å². The van der Waals surface area contributed by atoms with Gasteiger partial charge in [0.2, 0.25) is 0 Å². The van der Waals surface area contributed by atoms with E-state index in [1.165, 1.54) is 0 Å². The lowest BCUT2D eigenvalue weighted by Crippen LogP contribution is -2.26. The van der Waals surface area contributed by atoms with Gasteiger partial charge in [-0.3, -0.25) is 0 Å². The highest BCUT2D eigenvalue weighted by Crippen LogP contribution is 2.22. The van der Waals surface area contributed by atoms with Gasteiger partial charge >= 0.3 is 0 Å². The minimum atomic E-state index is -3.10. The highest BCUT2D eigenvalue weighted by molar-refractivity contribution is 7.91. The lowest BCUT2D eigenvalue weighted by atomic mass is 10.3. The number of benzene rings is 1. The molecule has 1 saturated heterocycles. The Kier molecular flexibility index (Phi) is 3.92. The predicted molar refractivity (Wildman–Crippen MR) is 73.6 cm³/mol. The average Bonchev–Trinajstić information content (AvgIpc) is 2.76. The van der Waals surface area contributed by atoms with Crippen LogP contribution >= 0.6 is 0 Å². The first-order valence-electron chi connectivity index (χ1n) is 6.36. The maximum atomic E-state index is 11.9. The summed E-state index contributed by atoms with van der Waals surface area (Å²) in [6, 6.07) is 7.38. The van der Waals surface area contributed by atoms with E-state index in [-0.39, 0.29) is 11.8 Å². The van der Waals surface area contributed by atoms with E-state index in [4.69, 9.17) is 5.73 Å². The van der Waals surface area contributed by atoms with Gasteiger partial charge in [-0.2, -0.15) is 0 Å². The molecule has 1 aliphatic rings. The van der Waals surface area contributed by atoms with Gasteiger partial charge in [-0.25, -0.2) is 8.42 Å². The molecule has 1 aromatic carbocycles. The summed E-state index contributed by atoms with van der Waals surface area (Å²) in [4.78, 5) is 2.61.